The van der Waals surface area contributed by atoms with Gasteiger partial charge in [0, 0.05) is 22.9 Å². The Kier molecular flexibility index (Phi) is 3.95. The van der Waals surface area contributed by atoms with E-state index in [0.717, 1.165) is 9.87 Å². The van der Waals surface area contributed by atoms with Crippen molar-refractivity contribution in [2.24, 2.45) is 0 Å². The highest BCUT2D eigenvalue weighted by Crippen LogP contribution is 2.42. The van der Waals surface area contributed by atoms with Crippen molar-refractivity contribution in [1.82, 2.24) is 0 Å². The highest BCUT2D eigenvalue weighted by atomic mass is 32.2. The lowest BCUT2D eigenvalue weighted by Gasteiger charge is -2.31. The van der Waals surface area contributed by atoms with Crippen LogP contribution in [0.5, 0.6) is 11.5 Å². The van der Waals surface area contributed by atoms with E-state index in [-0.39, 0.29) is 18.2 Å². The van der Waals surface area contributed by atoms with Crippen molar-refractivity contribution in [1.29, 1.82) is 0 Å². The Morgan fingerprint density at radius 1 is 0.931 bits per heavy atom. The van der Waals surface area contributed by atoms with Crippen molar-refractivity contribution in [3.05, 3.63) is 66.7 Å². The van der Waals surface area contributed by atoms with Crippen LogP contribution < -0.4 is 19.1 Å². The summed E-state index contributed by atoms with van der Waals surface area (Å²) in [6.45, 7) is -0.211. The van der Waals surface area contributed by atoms with Gasteiger partial charge in [-0.3, -0.25) is 9.10 Å². The number of fused-ring (bicyclic) bond motifs is 4. The molecule has 0 saturated carbocycles. The standard InChI is InChI=1S/C21H16N2O5S/c24-21(22-14-9-10-18-19(11-14)28-13-27-18)12-23-17-7-3-1-5-15(17)16-6-2-4-8-20(16)29(23,25)26/h1-11H,12-13H2,(H,22,24). The number of benzene rings is 3. The first-order chi connectivity index (χ1) is 14.0. The summed E-state index contributed by atoms with van der Waals surface area (Å²) in [7, 11) is -3.87. The number of amides is 1. The molecule has 0 bridgehead atoms. The molecule has 3 aromatic carbocycles. The van der Waals surface area contributed by atoms with Crippen LogP contribution >= 0.6 is 0 Å². The number of carbonyl (C=O) groups is 1. The maximum absolute atomic E-state index is 13.2. The highest BCUT2D eigenvalue weighted by molar-refractivity contribution is 7.93. The Morgan fingerprint density at radius 3 is 2.52 bits per heavy atom. The summed E-state index contributed by atoms with van der Waals surface area (Å²) >= 11 is 0. The molecule has 0 aromatic heterocycles. The number of carbonyl (C=O) groups excluding carboxylic acids is 1. The minimum atomic E-state index is -3.87. The normalized spacial score (nSPS) is 15.4. The number of rotatable bonds is 3. The summed E-state index contributed by atoms with van der Waals surface area (Å²) in [6, 6.07) is 19.0. The lowest BCUT2D eigenvalue weighted by Crippen LogP contribution is -2.40. The molecule has 0 fully saturated rings. The van der Waals surface area contributed by atoms with Gasteiger partial charge in [-0.05, 0) is 24.3 Å². The molecule has 1 N–H and O–H groups in total. The van der Waals surface area contributed by atoms with Gasteiger partial charge in [-0.15, -0.1) is 0 Å². The summed E-state index contributed by atoms with van der Waals surface area (Å²) in [6.07, 6.45) is 0. The fraction of sp³-hybridized carbons (Fsp3) is 0.0952. The first-order valence-corrected chi connectivity index (χ1v) is 10.4. The van der Waals surface area contributed by atoms with Crippen LogP contribution in [0.3, 0.4) is 0 Å². The van der Waals surface area contributed by atoms with Crippen LogP contribution in [0.2, 0.25) is 0 Å². The molecule has 2 aliphatic rings. The molecule has 0 unspecified atom stereocenters. The fourth-order valence-corrected chi connectivity index (χ4v) is 5.21. The van der Waals surface area contributed by atoms with Crippen LogP contribution in [-0.2, 0) is 14.8 Å². The predicted molar refractivity (Wildman–Crippen MR) is 108 cm³/mol. The zero-order chi connectivity index (χ0) is 20.0. The molecule has 0 radical (unpaired) electrons. The molecule has 0 spiro atoms. The lowest BCUT2D eigenvalue weighted by molar-refractivity contribution is -0.114. The third-order valence-corrected chi connectivity index (χ3v) is 6.68. The number of hydrogen-bond donors (Lipinski definition) is 1. The van der Waals surface area contributed by atoms with E-state index in [9.17, 15) is 13.2 Å². The molecule has 29 heavy (non-hydrogen) atoms. The zero-order valence-corrected chi connectivity index (χ0v) is 16.0. The van der Waals surface area contributed by atoms with E-state index in [1.807, 2.05) is 12.1 Å². The van der Waals surface area contributed by atoms with Gasteiger partial charge in [0.15, 0.2) is 11.5 Å². The van der Waals surface area contributed by atoms with E-state index in [4.69, 9.17) is 9.47 Å². The highest BCUT2D eigenvalue weighted by Gasteiger charge is 2.35. The number of nitrogens with one attached hydrogen (secondary N) is 1. The molecule has 1 amide bonds. The number of para-hydroxylation sites is 1. The first-order valence-electron chi connectivity index (χ1n) is 8.95. The maximum atomic E-state index is 13.2. The number of nitrogens with zero attached hydrogens (tertiary/aromatic N) is 1. The number of sulfonamides is 1. The average Bonchev–Trinajstić information content (AvgIpc) is 3.19. The second-order valence-electron chi connectivity index (χ2n) is 6.64. The van der Waals surface area contributed by atoms with Gasteiger partial charge in [0.25, 0.3) is 10.0 Å². The van der Waals surface area contributed by atoms with E-state index in [1.165, 1.54) is 0 Å². The Labute approximate surface area is 167 Å². The smallest absolute Gasteiger partial charge is 0.265 e. The molecule has 2 heterocycles. The maximum Gasteiger partial charge on any atom is 0.265 e. The van der Waals surface area contributed by atoms with Gasteiger partial charge < -0.3 is 14.8 Å². The van der Waals surface area contributed by atoms with Gasteiger partial charge in [0.2, 0.25) is 12.7 Å². The van der Waals surface area contributed by atoms with Gasteiger partial charge in [-0.2, -0.15) is 0 Å². The fourth-order valence-electron chi connectivity index (χ4n) is 3.56. The van der Waals surface area contributed by atoms with Gasteiger partial charge in [-0.1, -0.05) is 36.4 Å². The van der Waals surface area contributed by atoms with Crippen molar-refractivity contribution in [3.63, 3.8) is 0 Å². The Balaban J connectivity index is 1.47. The second kappa shape index (κ2) is 6.52. The quantitative estimate of drug-likeness (QED) is 0.719. The molecular weight excluding hydrogens is 392 g/mol. The third kappa shape index (κ3) is 2.89. The monoisotopic (exact) mass is 408 g/mol. The molecule has 8 heteroatoms. The molecular formula is C21H16N2O5S. The van der Waals surface area contributed by atoms with Crippen molar-refractivity contribution < 1.29 is 22.7 Å². The SMILES string of the molecule is O=C(CN1c2ccccc2-c2ccccc2S1(=O)=O)Nc1ccc2c(c1)OCO2. The van der Waals surface area contributed by atoms with Crippen LogP contribution in [0.25, 0.3) is 11.1 Å². The van der Waals surface area contributed by atoms with Crippen LogP contribution in [0.1, 0.15) is 0 Å². The van der Waals surface area contributed by atoms with Crippen LogP contribution in [0, 0.1) is 0 Å². The summed E-state index contributed by atoms with van der Waals surface area (Å²) in [5.41, 5.74) is 2.39. The Hall–Kier alpha value is -3.52. The van der Waals surface area contributed by atoms with Gasteiger partial charge in [0.05, 0.1) is 10.6 Å². The van der Waals surface area contributed by atoms with Gasteiger partial charge >= 0.3 is 0 Å². The van der Waals surface area contributed by atoms with E-state index < -0.39 is 15.9 Å². The predicted octanol–water partition coefficient (Wildman–Crippen LogP) is 3.23. The Morgan fingerprint density at radius 2 is 1.66 bits per heavy atom. The molecule has 3 aromatic rings. The molecule has 7 nitrogen and oxygen atoms in total. The second-order valence-corrected chi connectivity index (χ2v) is 8.47. The van der Waals surface area contributed by atoms with Crippen molar-refractivity contribution in [2.75, 3.05) is 23.0 Å². The summed E-state index contributed by atoms with van der Waals surface area (Å²) < 4.78 is 38.1. The summed E-state index contributed by atoms with van der Waals surface area (Å²) in [5, 5.41) is 2.73. The first kappa shape index (κ1) is 17.6. The number of ether oxygens (including phenoxy) is 2. The van der Waals surface area contributed by atoms with Crippen LogP contribution in [0.4, 0.5) is 11.4 Å². The van der Waals surface area contributed by atoms with Gasteiger partial charge in [-0.25, -0.2) is 8.42 Å². The molecule has 0 aliphatic carbocycles. The summed E-state index contributed by atoms with van der Waals surface area (Å²) in [4.78, 5) is 12.9. The molecule has 2 aliphatic heterocycles. The van der Waals surface area contributed by atoms with E-state index in [0.29, 0.717) is 28.4 Å². The minimum absolute atomic E-state index is 0.134. The molecule has 5 rings (SSSR count). The molecule has 0 saturated heterocycles. The zero-order valence-electron chi connectivity index (χ0n) is 15.2. The number of anilines is 2. The van der Waals surface area contributed by atoms with Crippen molar-refractivity contribution in [2.45, 2.75) is 4.90 Å². The summed E-state index contributed by atoms with van der Waals surface area (Å²) in [5.74, 6) is 0.682. The van der Waals surface area contributed by atoms with Crippen molar-refractivity contribution in [3.8, 4) is 22.6 Å². The van der Waals surface area contributed by atoms with Crippen LogP contribution in [0.15, 0.2) is 71.6 Å². The average molecular weight is 408 g/mol. The number of hydrogen-bond acceptors (Lipinski definition) is 5. The largest absolute Gasteiger partial charge is 0.454 e. The molecule has 0 atom stereocenters. The third-order valence-electron chi connectivity index (χ3n) is 4.86. The minimum Gasteiger partial charge on any atom is -0.454 e. The topological polar surface area (TPSA) is 84.9 Å². The molecule has 146 valence electrons. The van der Waals surface area contributed by atoms with E-state index in [2.05, 4.69) is 5.32 Å². The Bertz CT molecular complexity index is 1240. The van der Waals surface area contributed by atoms with E-state index in [1.54, 1.807) is 54.6 Å². The lowest BCUT2D eigenvalue weighted by atomic mass is 10.0. The van der Waals surface area contributed by atoms with E-state index >= 15 is 0 Å². The van der Waals surface area contributed by atoms with Crippen molar-refractivity contribution >= 4 is 27.3 Å². The van der Waals surface area contributed by atoms with Crippen LogP contribution in [-0.4, -0.2) is 27.7 Å². The van der Waals surface area contributed by atoms with Gasteiger partial charge in [0.1, 0.15) is 6.54 Å².